The molecule has 1 aromatic heterocycles. The molecule has 3 heteroatoms. The molecular formula is C16H13BrClN. The van der Waals surface area contributed by atoms with Crippen molar-refractivity contribution in [2.45, 2.75) is 6.54 Å². The van der Waals surface area contributed by atoms with Crippen molar-refractivity contribution in [1.29, 1.82) is 0 Å². The fourth-order valence-corrected chi connectivity index (χ4v) is 2.39. The van der Waals surface area contributed by atoms with Crippen LogP contribution in [-0.2, 0) is 6.54 Å². The van der Waals surface area contributed by atoms with Gasteiger partial charge in [0.25, 0.3) is 0 Å². The van der Waals surface area contributed by atoms with Gasteiger partial charge >= 0.3 is 0 Å². The van der Waals surface area contributed by atoms with E-state index < -0.39 is 0 Å². The number of benzene rings is 2. The molecule has 2 aromatic carbocycles. The normalized spacial score (nSPS) is 10.2. The minimum Gasteiger partial charge on any atom is -1.00 e. The third-order valence-electron chi connectivity index (χ3n) is 3.07. The summed E-state index contributed by atoms with van der Waals surface area (Å²) in [7, 11) is 0. The van der Waals surface area contributed by atoms with Crippen molar-refractivity contribution < 1.29 is 21.5 Å². The summed E-state index contributed by atoms with van der Waals surface area (Å²) in [6.07, 6.45) is 2.04. The van der Waals surface area contributed by atoms with Crippen molar-refractivity contribution in [3.63, 3.8) is 0 Å². The Morgan fingerprint density at radius 3 is 2.32 bits per heavy atom. The van der Waals surface area contributed by atoms with E-state index in [9.17, 15) is 0 Å². The first-order valence-electron chi connectivity index (χ1n) is 5.95. The molecule has 0 saturated heterocycles. The van der Waals surface area contributed by atoms with Gasteiger partial charge in [0.15, 0.2) is 12.7 Å². The number of hydrogen-bond donors (Lipinski definition) is 0. The number of pyridine rings is 1. The van der Waals surface area contributed by atoms with E-state index in [1.54, 1.807) is 0 Å². The quantitative estimate of drug-likeness (QED) is 0.611. The fraction of sp³-hybridized carbons (Fsp3) is 0.0625. The fourth-order valence-electron chi connectivity index (χ4n) is 2.17. The standard InChI is InChI=1S/C16H13ClN.BrH/c17-15-10-11-18(12-13-6-2-1-3-7-13)16-9-5-4-8-14(15)16;/h1-11H,12H2;1H/q+1;/p-1. The van der Waals surface area contributed by atoms with Gasteiger partial charge in [0.1, 0.15) is 0 Å². The second kappa shape index (κ2) is 6.18. The molecule has 19 heavy (non-hydrogen) atoms. The van der Waals surface area contributed by atoms with Gasteiger partial charge in [-0.2, -0.15) is 4.57 Å². The summed E-state index contributed by atoms with van der Waals surface area (Å²) in [5.74, 6) is 0. The van der Waals surface area contributed by atoms with Crippen LogP contribution in [0, 0.1) is 0 Å². The molecule has 0 aliphatic heterocycles. The number of hydrogen-bond acceptors (Lipinski definition) is 0. The molecule has 0 amide bonds. The Labute approximate surface area is 128 Å². The van der Waals surface area contributed by atoms with E-state index in [-0.39, 0.29) is 17.0 Å². The molecule has 0 radical (unpaired) electrons. The molecule has 0 saturated carbocycles. The van der Waals surface area contributed by atoms with Crippen LogP contribution in [0.15, 0.2) is 66.9 Å². The Hall–Kier alpha value is -1.38. The third-order valence-corrected chi connectivity index (χ3v) is 3.40. The molecular weight excluding hydrogens is 322 g/mol. The minimum atomic E-state index is 0. The van der Waals surface area contributed by atoms with Gasteiger partial charge in [-0.05, 0) is 6.07 Å². The van der Waals surface area contributed by atoms with Gasteiger partial charge in [0.2, 0.25) is 5.52 Å². The Morgan fingerprint density at radius 2 is 1.53 bits per heavy atom. The monoisotopic (exact) mass is 333 g/mol. The van der Waals surface area contributed by atoms with Gasteiger partial charge < -0.3 is 17.0 Å². The number of halogens is 2. The second-order valence-electron chi connectivity index (χ2n) is 4.29. The lowest BCUT2D eigenvalue weighted by Crippen LogP contribution is -3.00. The molecule has 1 heterocycles. The molecule has 3 rings (SSSR count). The molecule has 96 valence electrons. The maximum atomic E-state index is 6.22. The predicted octanol–water partition coefficient (Wildman–Crippen LogP) is 0.833. The highest BCUT2D eigenvalue weighted by atomic mass is 79.9. The Morgan fingerprint density at radius 1 is 0.842 bits per heavy atom. The summed E-state index contributed by atoms with van der Waals surface area (Å²) in [6, 6.07) is 20.6. The average molecular weight is 335 g/mol. The lowest BCUT2D eigenvalue weighted by molar-refractivity contribution is -0.662. The molecule has 0 bridgehead atoms. The number of para-hydroxylation sites is 1. The first kappa shape index (κ1) is 14.0. The molecule has 0 unspecified atom stereocenters. The van der Waals surface area contributed by atoms with Crippen LogP contribution in [0.4, 0.5) is 0 Å². The van der Waals surface area contributed by atoms with Crippen LogP contribution in [-0.4, -0.2) is 0 Å². The topological polar surface area (TPSA) is 3.88 Å². The molecule has 0 aliphatic carbocycles. The van der Waals surface area contributed by atoms with Crippen molar-refractivity contribution in [3.05, 3.63) is 77.4 Å². The lowest BCUT2D eigenvalue weighted by atomic mass is 10.2. The summed E-state index contributed by atoms with van der Waals surface area (Å²) in [5.41, 5.74) is 2.45. The maximum absolute atomic E-state index is 6.22. The predicted molar refractivity (Wildman–Crippen MR) is 74.7 cm³/mol. The van der Waals surface area contributed by atoms with Crippen molar-refractivity contribution in [2.24, 2.45) is 0 Å². The zero-order chi connectivity index (χ0) is 12.4. The Balaban J connectivity index is 0.00000133. The van der Waals surface area contributed by atoms with Gasteiger partial charge in [-0.15, -0.1) is 0 Å². The molecule has 0 N–H and O–H groups in total. The van der Waals surface area contributed by atoms with Crippen LogP contribution < -0.4 is 21.5 Å². The van der Waals surface area contributed by atoms with Crippen LogP contribution in [0.3, 0.4) is 0 Å². The number of nitrogens with zero attached hydrogens (tertiary/aromatic N) is 1. The first-order valence-corrected chi connectivity index (χ1v) is 6.33. The highest BCUT2D eigenvalue weighted by molar-refractivity contribution is 6.35. The van der Waals surface area contributed by atoms with Crippen molar-refractivity contribution in [1.82, 2.24) is 0 Å². The molecule has 0 fully saturated rings. The summed E-state index contributed by atoms with van der Waals surface area (Å²) < 4.78 is 2.22. The van der Waals surface area contributed by atoms with E-state index in [1.807, 2.05) is 30.5 Å². The van der Waals surface area contributed by atoms with Crippen molar-refractivity contribution >= 4 is 22.5 Å². The summed E-state index contributed by atoms with van der Waals surface area (Å²) in [5, 5.41) is 1.90. The smallest absolute Gasteiger partial charge is 0.214 e. The van der Waals surface area contributed by atoms with Crippen LogP contribution in [0.1, 0.15) is 5.56 Å². The van der Waals surface area contributed by atoms with E-state index in [0.29, 0.717) is 0 Å². The highest BCUT2D eigenvalue weighted by Crippen LogP contribution is 2.19. The Bertz CT molecular complexity index is 683. The van der Waals surface area contributed by atoms with E-state index >= 15 is 0 Å². The van der Waals surface area contributed by atoms with Crippen LogP contribution in [0.25, 0.3) is 10.9 Å². The maximum Gasteiger partial charge on any atom is 0.214 e. The third kappa shape index (κ3) is 2.96. The van der Waals surface area contributed by atoms with E-state index in [1.165, 1.54) is 5.56 Å². The minimum absolute atomic E-state index is 0. The van der Waals surface area contributed by atoms with Crippen molar-refractivity contribution in [3.8, 4) is 0 Å². The van der Waals surface area contributed by atoms with Crippen LogP contribution in [0.5, 0.6) is 0 Å². The highest BCUT2D eigenvalue weighted by Gasteiger charge is 2.11. The lowest BCUT2D eigenvalue weighted by Gasteiger charge is -2.03. The van der Waals surface area contributed by atoms with Gasteiger partial charge in [-0.1, -0.05) is 54.1 Å². The second-order valence-corrected chi connectivity index (χ2v) is 4.70. The summed E-state index contributed by atoms with van der Waals surface area (Å²) in [4.78, 5) is 0. The van der Waals surface area contributed by atoms with E-state index in [4.69, 9.17) is 11.6 Å². The van der Waals surface area contributed by atoms with Crippen LogP contribution >= 0.6 is 11.6 Å². The van der Waals surface area contributed by atoms with Gasteiger partial charge in [0.05, 0.1) is 10.4 Å². The van der Waals surface area contributed by atoms with Crippen LogP contribution in [0.2, 0.25) is 5.02 Å². The SMILES string of the molecule is Clc1cc[n+](Cc2ccccc2)c2ccccc12.[Br-]. The largest absolute Gasteiger partial charge is 1.00 e. The zero-order valence-corrected chi connectivity index (χ0v) is 12.6. The molecule has 0 atom stereocenters. The zero-order valence-electron chi connectivity index (χ0n) is 10.3. The first-order chi connectivity index (χ1) is 8.84. The van der Waals surface area contributed by atoms with Gasteiger partial charge in [-0.25, -0.2) is 0 Å². The molecule has 3 aromatic rings. The molecule has 1 nitrogen and oxygen atoms in total. The number of aromatic nitrogens is 1. The summed E-state index contributed by atoms with van der Waals surface area (Å²) >= 11 is 6.22. The average Bonchev–Trinajstić information content (AvgIpc) is 2.44. The van der Waals surface area contributed by atoms with Crippen molar-refractivity contribution in [2.75, 3.05) is 0 Å². The molecule has 0 aliphatic rings. The number of rotatable bonds is 2. The summed E-state index contributed by atoms with van der Waals surface area (Å²) in [6.45, 7) is 0.860. The van der Waals surface area contributed by atoms with E-state index in [2.05, 4.69) is 41.0 Å². The number of fused-ring (bicyclic) bond motifs is 1. The molecule has 0 spiro atoms. The van der Waals surface area contributed by atoms with Gasteiger partial charge in [0, 0.05) is 17.7 Å². The van der Waals surface area contributed by atoms with Gasteiger partial charge in [-0.3, -0.25) is 0 Å². The van der Waals surface area contributed by atoms with E-state index in [0.717, 1.165) is 22.5 Å². The Kier molecular flexibility index (Phi) is 4.56.